The number of hydrogen-bond donors (Lipinski definition) is 0. The molecule has 3 heterocycles. The van der Waals surface area contributed by atoms with Crippen molar-refractivity contribution >= 4 is 33.3 Å². The van der Waals surface area contributed by atoms with Crippen LogP contribution >= 0.6 is 0 Å². The molecular weight excluding hydrogens is 402 g/mol. The van der Waals surface area contributed by atoms with Gasteiger partial charge in [-0.3, -0.25) is 0 Å². The topological polar surface area (TPSA) is 78.1 Å². The number of nitrogens with zero attached hydrogens (tertiary/aromatic N) is 3. The predicted molar refractivity (Wildman–Crippen MR) is 126 cm³/mol. The molecule has 5 aromatic rings. The highest BCUT2D eigenvalue weighted by molar-refractivity contribution is 6.16. The van der Waals surface area contributed by atoms with Crippen molar-refractivity contribution in [3.63, 3.8) is 0 Å². The molecular formula is C26H29N3O3. The first-order chi connectivity index (χ1) is 15.3. The average Bonchev–Trinajstić information content (AvgIpc) is 3.47. The highest BCUT2D eigenvalue weighted by atomic mass is 16.4. The van der Waals surface area contributed by atoms with E-state index >= 15 is 0 Å². The van der Waals surface area contributed by atoms with Crippen LogP contribution in [0.4, 0.5) is 0 Å². The van der Waals surface area contributed by atoms with E-state index in [2.05, 4.69) is 64.7 Å². The first-order valence-electron chi connectivity index (χ1n) is 11.4. The molecule has 0 aliphatic carbocycles. The van der Waals surface area contributed by atoms with Gasteiger partial charge in [0.15, 0.2) is 45.1 Å². The molecule has 32 heavy (non-hydrogen) atoms. The number of oxazole rings is 3. The SMILES string of the molecule is CCc1nc2c(o1)c1nc(-c3cc(C(C)C)cc(C(C)C)c3)oc1c1nc(C(C)C)oc21. The molecule has 0 saturated carbocycles. The summed E-state index contributed by atoms with van der Waals surface area (Å²) in [5.74, 6) is 2.80. The molecule has 0 aliphatic heterocycles. The molecule has 6 heteroatoms. The molecule has 0 atom stereocenters. The van der Waals surface area contributed by atoms with E-state index in [1.54, 1.807) is 0 Å². The van der Waals surface area contributed by atoms with Gasteiger partial charge in [-0.2, -0.15) is 0 Å². The van der Waals surface area contributed by atoms with Gasteiger partial charge in [0.2, 0.25) is 5.89 Å². The largest absolute Gasteiger partial charge is 0.438 e. The highest BCUT2D eigenvalue weighted by Gasteiger charge is 2.25. The minimum atomic E-state index is 0.142. The van der Waals surface area contributed by atoms with E-state index in [1.165, 1.54) is 11.1 Å². The van der Waals surface area contributed by atoms with E-state index in [1.807, 2.05) is 6.92 Å². The van der Waals surface area contributed by atoms with Crippen molar-refractivity contribution in [1.82, 2.24) is 15.0 Å². The van der Waals surface area contributed by atoms with Crippen molar-refractivity contribution < 1.29 is 13.3 Å². The molecule has 0 saturated heterocycles. The van der Waals surface area contributed by atoms with E-state index in [4.69, 9.17) is 23.2 Å². The molecule has 0 radical (unpaired) electrons. The van der Waals surface area contributed by atoms with Gasteiger partial charge in [0.1, 0.15) is 0 Å². The number of hydrogen-bond acceptors (Lipinski definition) is 6. The average molecular weight is 432 g/mol. The quantitative estimate of drug-likeness (QED) is 0.283. The van der Waals surface area contributed by atoms with Gasteiger partial charge in [0.05, 0.1) is 0 Å². The minimum absolute atomic E-state index is 0.142. The first-order valence-corrected chi connectivity index (χ1v) is 11.4. The van der Waals surface area contributed by atoms with Gasteiger partial charge in [-0.15, -0.1) is 0 Å². The zero-order valence-electron chi connectivity index (χ0n) is 19.7. The second-order valence-electron chi connectivity index (χ2n) is 9.42. The molecule has 0 fully saturated rings. The van der Waals surface area contributed by atoms with Crippen LogP contribution in [0.5, 0.6) is 0 Å². The summed E-state index contributed by atoms with van der Waals surface area (Å²) in [6.07, 6.45) is 0.682. The first kappa shape index (κ1) is 20.7. The summed E-state index contributed by atoms with van der Waals surface area (Å²) >= 11 is 0. The molecule has 2 aromatic carbocycles. The van der Waals surface area contributed by atoms with Crippen molar-refractivity contribution in [2.24, 2.45) is 0 Å². The summed E-state index contributed by atoms with van der Waals surface area (Å²) in [5, 5.41) is 0. The Bertz CT molecular complexity index is 1420. The summed E-state index contributed by atoms with van der Waals surface area (Å²) in [5.41, 5.74) is 7.20. The second kappa shape index (κ2) is 7.47. The van der Waals surface area contributed by atoms with E-state index in [0.717, 1.165) is 5.56 Å². The Balaban J connectivity index is 1.83. The lowest BCUT2D eigenvalue weighted by molar-refractivity contribution is 0.503. The fraction of sp³-hybridized carbons (Fsp3) is 0.423. The molecule has 0 amide bonds. The summed E-state index contributed by atoms with van der Waals surface area (Å²) in [6, 6.07) is 6.60. The summed E-state index contributed by atoms with van der Waals surface area (Å²) in [4.78, 5) is 14.3. The fourth-order valence-electron chi connectivity index (χ4n) is 3.95. The monoisotopic (exact) mass is 431 g/mol. The van der Waals surface area contributed by atoms with Crippen molar-refractivity contribution in [2.45, 2.75) is 72.6 Å². The maximum atomic E-state index is 6.36. The zero-order valence-corrected chi connectivity index (χ0v) is 19.7. The van der Waals surface area contributed by atoms with E-state index in [-0.39, 0.29) is 5.92 Å². The Hall–Kier alpha value is -3.15. The molecule has 0 N–H and O–H groups in total. The molecule has 0 unspecified atom stereocenters. The number of rotatable bonds is 5. The maximum Gasteiger partial charge on any atom is 0.227 e. The molecule has 0 bridgehead atoms. The molecule has 5 rings (SSSR count). The predicted octanol–water partition coefficient (Wildman–Crippen LogP) is 7.71. The van der Waals surface area contributed by atoms with Crippen LogP contribution < -0.4 is 0 Å². The Morgan fingerprint density at radius 2 is 1.22 bits per heavy atom. The van der Waals surface area contributed by atoms with Gasteiger partial charge in [-0.25, -0.2) is 15.0 Å². The fourth-order valence-corrected chi connectivity index (χ4v) is 3.95. The normalized spacial score (nSPS) is 12.6. The van der Waals surface area contributed by atoms with E-state index in [9.17, 15) is 0 Å². The van der Waals surface area contributed by atoms with Crippen LogP contribution in [-0.2, 0) is 6.42 Å². The lowest BCUT2D eigenvalue weighted by Gasteiger charge is -2.13. The standard InChI is InChI=1S/C26H29N3O3/c1-8-18-27-19-22(30-18)20-24(21-23(19)31-25(28-21)14(6)7)32-26(29-20)17-10-15(12(2)3)9-16(11-17)13(4)5/h9-14H,8H2,1-7H3. The smallest absolute Gasteiger partial charge is 0.227 e. The van der Waals surface area contributed by atoms with Crippen LogP contribution in [0.3, 0.4) is 0 Å². The van der Waals surface area contributed by atoms with Crippen LogP contribution in [0.2, 0.25) is 0 Å². The van der Waals surface area contributed by atoms with E-state index in [0.29, 0.717) is 69.2 Å². The molecule has 0 aliphatic rings. The zero-order chi connectivity index (χ0) is 22.7. The van der Waals surface area contributed by atoms with Gasteiger partial charge in [-0.05, 0) is 35.1 Å². The second-order valence-corrected chi connectivity index (χ2v) is 9.42. The van der Waals surface area contributed by atoms with Crippen molar-refractivity contribution in [3.05, 3.63) is 41.1 Å². The van der Waals surface area contributed by atoms with Crippen LogP contribution in [0.25, 0.3) is 44.8 Å². The number of aryl methyl sites for hydroxylation is 1. The molecule has 166 valence electrons. The summed E-state index contributed by atoms with van der Waals surface area (Å²) < 4.78 is 18.5. The number of aromatic nitrogens is 3. The third kappa shape index (κ3) is 3.20. The summed E-state index contributed by atoms with van der Waals surface area (Å²) in [7, 11) is 0. The van der Waals surface area contributed by atoms with Gasteiger partial charge in [0.25, 0.3) is 0 Å². The van der Waals surface area contributed by atoms with Crippen LogP contribution in [0.15, 0.2) is 31.5 Å². The maximum absolute atomic E-state index is 6.36. The molecule has 3 aromatic heterocycles. The lowest BCUT2D eigenvalue weighted by Crippen LogP contribution is -1.95. The van der Waals surface area contributed by atoms with E-state index < -0.39 is 0 Å². The molecule has 0 spiro atoms. The number of benzene rings is 2. The Labute approximate surface area is 187 Å². The lowest BCUT2D eigenvalue weighted by atomic mass is 9.93. The third-order valence-corrected chi connectivity index (χ3v) is 5.94. The third-order valence-electron chi connectivity index (χ3n) is 5.94. The van der Waals surface area contributed by atoms with Crippen LogP contribution in [0, 0.1) is 0 Å². The summed E-state index contributed by atoms with van der Waals surface area (Å²) in [6.45, 7) is 14.9. The minimum Gasteiger partial charge on any atom is -0.438 e. The van der Waals surface area contributed by atoms with Crippen LogP contribution in [-0.4, -0.2) is 15.0 Å². The Morgan fingerprint density at radius 1 is 0.656 bits per heavy atom. The van der Waals surface area contributed by atoms with Gasteiger partial charge >= 0.3 is 0 Å². The van der Waals surface area contributed by atoms with Crippen molar-refractivity contribution in [2.75, 3.05) is 0 Å². The van der Waals surface area contributed by atoms with Gasteiger partial charge in [0, 0.05) is 17.9 Å². The van der Waals surface area contributed by atoms with Crippen LogP contribution in [0.1, 0.15) is 89.1 Å². The van der Waals surface area contributed by atoms with Crippen molar-refractivity contribution in [1.29, 1.82) is 0 Å². The highest BCUT2D eigenvalue weighted by Crippen LogP contribution is 2.39. The van der Waals surface area contributed by atoms with Crippen molar-refractivity contribution in [3.8, 4) is 11.5 Å². The Morgan fingerprint density at radius 3 is 1.81 bits per heavy atom. The number of fused-ring (bicyclic) bond motifs is 6. The molecule has 6 nitrogen and oxygen atoms in total. The van der Waals surface area contributed by atoms with Gasteiger partial charge < -0.3 is 13.3 Å². The Kier molecular flexibility index (Phi) is 4.84. The van der Waals surface area contributed by atoms with Gasteiger partial charge in [-0.1, -0.05) is 54.5 Å².